The lowest BCUT2D eigenvalue weighted by Gasteiger charge is -2.13. The molecule has 124 valence electrons. The van der Waals surface area contributed by atoms with Gasteiger partial charge in [0.25, 0.3) is 0 Å². The van der Waals surface area contributed by atoms with Gasteiger partial charge in [-0.25, -0.2) is 4.79 Å². The zero-order chi connectivity index (χ0) is 17.4. The fourth-order valence-corrected chi connectivity index (χ4v) is 2.15. The van der Waals surface area contributed by atoms with Crippen LogP contribution in [0.4, 0.5) is 0 Å². The van der Waals surface area contributed by atoms with Gasteiger partial charge in [0.15, 0.2) is 0 Å². The van der Waals surface area contributed by atoms with Crippen molar-refractivity contribution in [3.05, 3.63) is 66.8 Å². The SMILES string of the molecule is C=C(C(=O)OCC1CO1)C1(C=Cc2ccccc2)CC1.C=CC#N. The molecular weight excluding hydrogens is 302 g/mol. The number of carbonyl (C=O) groups is 1. The quantitative estimate of drug-likeness (QED) is 0.347. The fraction of sp³-hybridized carbons (Fsp3) is 0.300. The van der Waals surface area contributed by atoms with Gasteiger partial charge < -0.3 is 9.47 Å². The summed E-state index contributed by atoms with van der Waals surface area (Å²) in [5.41, 5.74) is 1.49. The van der Waals surface area contributed by atoms with Crippen LogP contribution in [0.3, 0.4) is 0 Å². The summed E-state index contributed by atoms with van der Waals surface area (Å²) in [5, 5.41) is 7.51. The number of allylic oxidation sites excluding steroid dienone is 2. The minimum Gasteiger partial charge on any atom is -0.459 e. The van der Waals surface area contributed by atoms with Gasteiger partial charge in [-0.1, -0.05) is 55.6 Å². The minimum absolute atomic E-state index is 0.0989. The van der Waals surface area contributed by atoms with Gasteiger partial charge in [0.05, 0.1) is 12.7 Å². The Balaban J connectivity index is 0.000000471. The monoisotopic (exact) mass is 323 g/mol. The van der Waals surface area contributed by atoms with Crippen LogP contribution < -0.4 is 0 Å². The third-order valence-electron chi connectivity index (χ3n) is 3.92. The fourth-order valence-electron chi connectivity index (χ4n) is 2.15. The van der Waals surface area contributed by atoms with Crippen LogP contribution in [-0.2, 0) is 14.3 Å². The zero-order valence-corrected chi connectivity index (χ0v) is 13.6. The zero-order valence-electron chi connectivity index (χ0n) is 13.6. The van der Waals surface area contributed by atoms with Gasteiger partial charge in [0.1, 0.15) is 12.7 Å². The van der Waals surface area contributed by atoms with E-state index >= 15 is 0 Å². The van der Waals surface area contributed by atoms with Crippen molar-refractivity contribution in [1.29, 1.82) is 5.26 Å². The molecule has 24 heavy (non-hydrogen) atoms. The Morgan fingerprint density at radius 2 is 2.04 bits per heavy atom. The molecule has 0 spiro atoms. The summed E-state index contributed by atoms with van der Waals surface area (Å²) in [5.74, 6) is -0.296. The summed E-state index contributed by atoms with van der Waals surface area (Å²) < 4.78 is 10.2. The van der Waals surface area contributed by atoms with Gasteiger partial charge in [0.2, 0.25) is 0 Å². The molecule has 0 N–H and O–H groups in total. The second-order valence-electron chi connectivity index (χ2n) is 5.77. The first-order chi connectivity index (χ1) is 11.6. The lowest BCUT2D eigenvalue weighted by molar-refractivity contribution is -0.140. The Kier molecular flexibility index (Phi) is 6.11. The molecule has 2 fully saturated rings. The van der Waals surface area contributed by atoms with Gasteiger partial charge in [-0.2, -0.15) is 5.26 Å². The Morgan fingerprint density at radius 3 is 2.54 bits per heavy atom. The van der Waals surface area contributed by atoms with E-state index in [0.717, 1.165) is 18.4 Å². The summed E-state index contributed by atoms with van der Waals surface area (Å²) in [7, 11) is 0. The van der Waals surface area contributed by atoms with Crippen LogP contribution in [0.15, 0.2) is 61.2 Å². The minimum atomic E-state index is -0.296. The van der Waals surface area contributed by atoms with Gasteiger partial charge >= 0.3 is 5.97 Å². The van der Waals surface area contributed by atoms with Crippen LogP contribution in [0.2, 0.25) is 0 Å². The molecule has 4 nitrogen and oxygen atoms in total. The van der Waals surface area contributed by atoms with Crippen LogP contribution in [0.1, 0.15) is 18.4 Å². The lowest BCUT2D eigenvalue weighted by Crippen LogP contribution is -2.17. The number of carbonyl (C=O) groups excluding carboxylic acids is 1. The molecule has 0 radical (unpaired) electrons. The number of ether oxygens (including phenoxy) is 2. The maximum Gasteiger partial charge on any atom is 0.334 e. The number of esters is 1. The molecule has 1 saturated carbocycles. The largest absolute Gasteiger partial charge is 0.459 e. The molecule has 2 aliphatic rings. The molecule has 0 aromatic heterocycles. The first kappa shape index (κ1) is 17.7. The Labute approximate surface area is 142 Å². The molecular formula is C20H21NO3. The first-order valence-corrected chi connectivity index (χ1v) is 7.84. The van der Waals surface area contributed by atoms with E-state index in [2.05, 4.69) is 25.3 Å². The molecule has 1 saturated heterocycles. The second kappa shape index (κ2) is 8.28. The number of rotatable bonds is 6. The van der Waals surface area contributed by atoms with E-state index in [4.69, 9.17) is 14.7 Å². The molecule has 0 amide bonds. The number of nitriles is 1. The normalized spacial score (nSPS) is 19.4. The number of nitrogens with zero attached hydrogens (tertiary/aromatic N) is 1. The van der Waals surface area contributed by atoms with E-state index in [0.29, 0.717) is 18.8 Å². The van der Waals surface area contributed by atoms with Crippen LogP contribution in [0.5, 0.6) is 0 Å². The van der Waals surface area contributed by atoms with Crippen molar-refractivity contribution in [1.82, 2.24) is 0 Å². The number of epoxide rings is 1. The highest BCUT2D eigenvalue weighted by Crippen LogP contribution is 2.53. The summed E-state index contributed by atoms with van der Waals surface area (Å²) in [4.78, 5) is 12.0. The maximum atomic E-state index is 12.0. The summed E-state index contributed by atoms with van der Waals surface area (Å²) in [6, 6.07) is 11.8. The number of hydrogen-bond donors (Lipinski definition) is 0. The van der Waals surface area contributed by atoms with E-state index in [1.165, 1.54) is 6.08 Å². The highest BCUT2D eigenvalue weighted by Gasteiger charge is 2.46. The number of benzene rings is 1. The average molecular weight is 323 g/mol. The predicted octanol–water partition coefficient (Wildman–Crippen LogP) is 3.67. The molecule has 1 heterocycles. The molecule has 1 unspecified atom stereocenters. The summed E-state index contributed by atoms with van der Waals surface area (Å²) in [6.45, 7) is 8.09. The van der Waals surface area contributed by atoms with Crippen molar-refractivity contribution in [3.63, 3.8) is 0 Å². The van der Waals surface area contributed by atoms with E-state index in [-0.39, 0.29) is 17.5 Å². The molecule has 4 heteroatoms. The third kappa shape index (κ3) is 5.22. The highest BCUT2D eigenvalue weighted by molar-refractivity contribution is 5.91. The third-order valence-corrected chi connectivity index (χ3v) is 3.92. The molecule has 0 bridgehead atoms. The second-order valence-corrected chi connectivity index (χ2v) is 5.77. The molecule has 1 aromatic rings. The van der Waals surface area contributed by atoms with Crippen LogP contribution >= 0.6 is 0 Å². The highest BCUT2D eigenvalue weighted by atomic mass is 16.6. The van der Waals surface area contributed by atoms with E-state index in [1.807, 2.05) is 30.3 Å². The van der Waals surface area contributed by atoms with Crippen molar-refractivity contribution in [3.8, 4) is 6.07 Å². The topological polar surface area (TPSA) is 62.6 Å². The number of hydrogen-bond acceptors (Lipinski definition) is 4. The van der Waals surface area contributed by atoms with Gasteiger partial charge in [-0.05, 0) is 18.4 Å². The Bertz CT molecular complexity index is 662. The van der Waals surface area contributed by atoms with Crippen molar-refractivity contribution in [2.45, 2.75) is 18.9 Å². The Hall–Kier alpha value is -2.64. The molecule has 1 aliphatic heterocycles. The first-order valence-electron chi connectivity index (χ1n) is 7.84. The van der Waals surface area contributed by atoms with Crippen molar-refractivity contribution in [2.24, 2.45) is 5.41 Å². The van der Waals surface area contributed by atoms with Gasteiger partial charge in [-0.3, -0.25) is 0 Å². The van der Waals surface area contributed by atoms with E-state index in [9.17, 15) is 4.79 Å². The molecule has 1 aromatic carbocycles. The predicted molar refractivity (Wildman–Crippen MR) is 92.8 cm³/mol. The summed E-state index contributed by atoms with van der Waals surface area (Å²) >= 11 is 0. The summed E-state index contributed by atoms with van der Waals surface area (Å²) in [6.07, 6.45) is 7.34. The van der Waals surface area contributed by atoms with Crippen molar-refractivity contribution in [2.75, 3.05) is 13.2 Å². The van der Waals surface area contributed by atoms with Crippen LogP contribution in [0, 0.1) is 16.7 Å². The van der Waals surface area contributed by atoms with Crippen LogP contribution in [-0.4, -0.2) is 25.3 Å². The van der Waals surface area contributed by atoms with E-state index in [1.54, 1.807) is 6.07 Å². The van der Waals surface area contributed by atoms with Crippen LogP contribution in [0.25, 0.3) is 6.08 Å². The maximum absolute atomic E-state index is 12.0. The smallest absolute Gasteiger partial charge is 0.334 e. The average Bonchev–Trinajstić information content (AvgIpc) is 3.54. The van der Waals surface area contributed by atoms with Crippen molar-refractivity contribution < 1.29 is 14.3 Å². The van der Waals surface area contributed by atoms with Gasteiger partial charge in [-0.15, -0.1) is 0 Å². The molecule has 1 aliphatic carbocycles. The Morgan fingerprint density at radius 1 is 1.42 bits per heavy atom. The molecule has 3 rings (SSSR count). The molecule has 1 atom stereocenters. The lowest BCUT2D eigenvalue weighted by atomic mass is 9.96. The van der Waals surface area contributed by atoms with Gasteiger partial charge in [0, 0.05) is 17.1 Å². The standard InChI is InChI=1S/C17H18O3.C3H3N/c1-13(16(18)20-12-15-11-19-15)17(9-10-17)8-7-14-5-3-2-4-6-14;1-2-3-4/h2-8,15H,1,9-12H2;2H,1H2. The van der Waals surface area contributed by atoms with E-state index < -0.39 is 0 Å². The van der Waals surface area contributed by atoms with Crippen molar-refractivity contribution >= 4 is 12.0 Å².